The van der Waals surface area contributed by atoms with Crippen LogP contribution in [0.2, 0.25) is 0 Å². The highest BCUT2D eigenvalue weighted by Gasteiger charge is 2.34. The highest BCUT2D eigenvalue weighted by molar-refractivity contribution is 8.18. The Morgan fingerprint density at radius 2 is 1.86 bits per heavy atom. The van der Waals surface area contributed by atoms with Crippen molar-refractivity contribution in [1.82, 2.24) is 9.47 Å². The second-order valence-electron chi connectivity index (χ2n) is 6.87. The summed E-state index contributed by atoms with van der Waals surface area (Å²) in [5.41, 5.74) is 3.68. The Morgan fingerprint density at radius 3 is 2.59 bits per heavy atom. The summed E-state index contributed by atoms with van der Waals surface area (Å²) in [6.45, 7) is 3.05. The molecule has 4 rings (SSSR count). The lowest BCUT2D eigenvalue weighted by atomic mass is 10.1. The van der Waals surface area contributed by atoms with Crippen molar-refractivity contribution in [1.29, 1.82) is 5.26 Å². The number of rotatable bonds is 5. The molecule has 0 unspecified atom stereocenters. The van der Waals surface area contributed by atoms with Crippen molar-refractivity contribution < 1.29 is 9.59 Å². The van der Waals surface area contributed by atoms with E-state index in [1.165, 1.54) is 4.90 Å². The summed E-state index contributed by atoms with van der Waals surface area (Å²) in [4.78, 5) is 26.5. The molecule has 29 heavy (non-hydrogen) atoms. The first-order valence-corrected chi connectivity index (χ1v) is 10.2. The quantitative estimate of drug-likeness (QED) is 0.564. The fourth-order valence-corrected chi connectivity index (χ4v) is 4.32. The van der Waals surface area contributed by atoms with Gasteiger partial charge in [-0.2, -0.15) is 5.26 Å². The summed E-state index contributed by atoms with van der Waals surface area (Å²) in [6, 6.07) is 17.7. The Bertz CT molecular complexity index is 1170. The van der Waals surface area contributed by atoms with Gasteiger partial charge in [-0.15, -0.1) is 0 Å². The summed E-state index contributed by atoms with van der Waals surface area (Å²) in [5.74, 6) is -0.217. The maximum absolute atomic E-state index is 12.6. The van der Waals surface area contributed by atoms with Gasteiger partial charge in [0.25, 0.3) is 11.1 Å². The number of nitrogens with zero attached hydrogens (tertiary/aromatic N) is 3. The number of carbonyl (C=O) groups is 2. The van der Waals surface area contributed by atoms with E-state index in [4.69, 9.17) is 5.26 Å². The van der Waals surface area contributed by atoms with E-state index in [-0.39, 0.29) is 11.1 Å². The zero-order chi connectivity index (χ0) is 20.4. The maximum atomic E-state index is 12.6. The number of imide groups is 1. The third-order valence-electron chi connectivity index (χ3n) is 4.86. The molecule has 0 atom stereocenters. The molecule has 3 aromatic rings. The number of hydrogen-bond donors (Lipinski definition) is 0. The predicted molar refractivity (Wildman–Crippen MR) is 115 cm³/mol. The Kier molecular flexibility index (Phi) is 5.24. The van der Waals surface area contributed by atoms with Crippen LogP contribution < -0.4 is 0 Å². The van der Waals surface area contributed by atoms with Crippen LogP contribution in [0.25, 0.3) is 17.0 Å². The summed E-state index contributed by atoms with van der Waals surface area (Å²) >= 11 is 1.00. The van der Waals surface area contributed by atoms with Gasteiger partial charge in [0.1, 0.15) is 0 Å². The van der Waals surface area contributed by atoms with Crippen molar-refractivity contribution in [2.24, 2.45) is 0 Å². The third kappa shape index (κ3) is 3.69. The SMILES string of the molecule is CCCN1C(=O)S/C(=C\c2cn(Cc3ccc(C#N)cc3)c3ccccc23)C1=O. The van der Waals surface area contributed by atoms with Gasteiger partial charge in [0, 0.05) is 35.8 Å². The highest BCUT2D eigenvalue weighted by Crippen LogP contribution is 2.34. The molecule has 0 radical (unpaired) electrons. The molecule has 0 bridgehead atoms. The first-order valence-electron chi connectivity index (χ1n) is 9.43. The fourth-order valence-electron chi connectivity index (χ4n) is 3.46. The molecular weight excluding hydrogens is 382 g/mol. The predicted octanol–water partition coefficient (Wildman–Crippen LogP) is 5.01. The number of aromatic nitrogens is 1. The molecule has 0 N–H and O–H groups in total. The van der Waals surface area contributed by atoms with Crippen LogP contribution in [0.5, 0.6) is 0 Å². The molecule has 2 heterocycles. The van der Waals surface area contributed by atoms with Crippen molar-refractivity contribution in [2.75, 3.05) is 6.54 Å². The van der Waals surface area contributed by atoms with Gasteiger partial charge in [0.15, 0.2) is 0 Å². The van der Waals surface area contributed by atoms with Gasteiger partial charge in [-0.3, -0.25) is 14.5 Å². The first kappa shape index (κ1) is 19.0. The molecule has 6 heteroatoms. The topological polar surface area (TPSA) is 66.1 Å². The van der Waals surface area contributed by atoms with Gasteiger partial charge in [0.05, 0.1) is 16.5 Å². The van der Waals surface area contributed by atoms with E-state index in [1.807, 2.05) is 67.7 Å². The minimum absolute atomic E-state index is 0.204. The molecule has 1 saturated heterocycles. The number of para-hydroxylation sites is 1. The average molecular weight is 401 g/mol. The minimum Gasteiger partial charge on any atom is -0.342 e. The normalized spacial score (nSPS) is 15.4. The summed E-state index contributed by atoms with van der Waals surface area (Å²) < 4.78 is 2.12. The summed E-state index contributed by atoms with van der Waals surface area (Å²) in [5, 5.41) is 9.80. The van der Waals surface area contributed by atoms with Crippen LogP contribution in [-0.4, -0.2) is 27.2 Å². The van der Waals surface area contributed by atoms with Crippen LogP contribution >= 0.6 is 11.8 Å². The molecule has 1 fully saturated rings. The van der Waals surface area contributed by atoms with Crippen LogP contribution in [0, 0.1) is 11.3 Å². The van der Waals surface area contributed by atoms with Gasteiger partial charge in [-0.25, -0.2) is 0 Å². The van der Waals surface area contributed by atoms with Gasteiger partial charge in [0.2, 0.25) is 0 Å². The first-order chi connectivity index (χ1) is 14.1. The van der Waals surface area contributed by atoms with Crippen molar-refractivity contribution in [2.45, 2.75) is 19.9 Å². The van der Waals surface area contributed by atoms with Gasteiger partial charge < -0.3 is 4.57 Å². The number of thioether (sulfide) groups is 1. The van der Waals surface area contributed by atoms with Crippen LogP contribution in [-0.2, 0) is 11.3 Å². The van der Waals surface area contributed by atoms with Gasteiger partial charge in [-0.1, -0.05) is 37.3 Å². The third-order valence-corrected chi connectivity index (χ3v) is 5.77. The molecule has 2 amide bonds. The molecule has 2 aromatic carbocycles. The van der Waals surface area contributed by atoms with E-state index in [2.05, 4.69) is 10.6 Å². The van der Waals surface area contributed by atoms with Crippen molar-refractivity contribution in [3.05, 3.63) is 76.3 Å². The van der Waals surface area contributed by atoms with Gasteiger partial charge in [-0.05, 0) is 48.0 Å². The standard InChI is InChI=1S/C23H19N3O2S/c1-2-11-26-22(27)21(29-23(26)28)12-18-15-25(20-6-4-3-5-19(18)20)14-17-9-7-16(13-24)8-10-17/h3-10,12,15H,2,11,14H2,1H3/b21-12-. The molecule has 0 spiro atoms. The smallest absolute Gasteiger partial charge is 0.293 e. The molecule has 144 valence electrons. The zero-order valence-electron chi connectivity index (χ0n) is 16.0. The highest BCUT2D eigenvalue weighted by atomic mass is 32.2. The molecule has 1 aliphatic rings. The van der Waals surface area contributed by atoms with E-state index >= 15 is 0 Å². The van der Waals surface area contributed by atoms with Gasteiger partial charge >= 0.3 is 0 Å². The second kappa shape index (κ2) is 7.98. The van der Waals surface area contributed by atoms with Crippen LogP contribution in [0.4, 0.5) is 4.79 Å². The summed E-state index contributed by atoms with van der Waals surface area (Å²) in [6.07, 6.45) is 4.57. The van der Waals surface area contributed by atoms with Crippen molar-refractivity contribution in [3.8, 4) is 6.07 Å². The maximum Gasteiger partial charge on any atom is 0.293 e. The van der Waals surface area contributed by atoms with E-state index in [0.717, 1.165) is 40.2 Å². The van der Waals surface area contributed by atoms with Crippen LogP contribution in [0.1, 0.15) is 30.0 Å². The second-order valence-corrected chi connectivity index (χ2v) is 7.86. The molecule has 0 aliphatic carbocycles. The summed E-state index contributed by atoms with van der Waals surface area (Å²) in [7, 11) is 0. The van der Waals surface area contributed by atoms with E-state index < -0.39 is 0 Å². The van der Waals surface area contributed by atoms with Crippen molar-refractivity contribution >= 4 is 39.9 Å². The zero-order valence-corrected chi connectivity index (χ0v) is 16.8. The average Bonchev–Trinajstić information content (AvgIpc) is 3.21. The lowest BCUT2D eigenvalue weighted by Crippen LogP contribution is -2.28. The number of benzene rings is 2. The Morgan fingerprint density at radius 1 is 1.10 bits per heavy atom. The minimum atomic E-state index is -0.217. The van der Waals surface area contributed by atoms with Crippen LogP contribution in [0.15, 0.2) is 59.6 Å². The van der Waals surface area contributed by atoms with Crippen LogP contribution in [0.3, 0.4) is 0 Å². The largest absolute Gasteiger partial charge is 0.342 e. The number of fused-ring (bicyclic) bond motifs is 1. The fraction of sp³-hybridized carbons (Fsp3) is 0.174. The van der Waals surface area contributed by atoms with E-state index in [9.17, 15) is 9.59 Å². The molecule has 1 aliphatic heterocycles. The molecular formula is C23H19N3O2S. The van der Waals surface area contributed by atoms with E-state index in [1.54, 1.807) is 0 Å². The Labute approximate surface area is 173 Å². The van der Waals surface area contributed by atoms with E-state index in [0.29, 0.717) is 23.6 Å². The number of amides is 2. The lowest BCUT2D eigenvalue weighted by Gasteiger charge is -2.09. The number of nitriles is 1. The molecule has 0 saturated carbocycles. The molecule has 1 aromatic heterocycles. The Balaban J connectivity index is 1.70. The number of hydrogen-bond acceptors (Lipinski definition) is 4. The van der Waals surface area contributed by atoms with Crippen molar-refractivity contribution in [3.63, 3.8) is 0 Å². The number of carbonyl (C=O) groups excluding carboxylic acids is 2. The molecule has 5 nitrogen and oxygen atoms in total. The monoisotopic (exact) mass is 401 g/mol. The lowest BCUT2D eigenvalue weighted by molar-refractivity contribution is -0.122. The Hall–Kier alpha value is -3.30.